The molecule has 0 amide bonds. The van der Waals surface area contributed by atoms with Crippen LogP contribution in [-0.2, 0) is 6.18 Å². The molecular weight excluding hydrogens is 413 g/mol. The quantitative estimate of drug-likeness (QED) is 0.556. The van der Waals surface area contributed by atoms with Crippen LogP contribution in [0.1, 0.15) is 28.8 Å². The van der Waals surface area contributed by atoms with E-state index in [1.807, 2.05) is 6.07 Å². The van der Waals surface area contributed by atoms with Crippen molar-refractivity contribution >= 4 is 28.5 Å². The lowest BCUT2D eigenvalue weighted by molar-refractivity contribution is -0.137. The zero-order valence-electron chi connectivity index (χ0n) is 16.2. The van der Waals surface area contributed by atoms with Gasteiger partial charge in [0.2, 0.25) is 5.95 Å². The monoisotopic (exact) mass is 432 g/mol. The van der Waals surface area contributed by atoms with Crippen LogP contribution in [0.4, 0.5) is 24.8 Å². The number of carboxylic acids is 1. The molecule has 4 rings (SSSR count). The van der Waals surface area contributed by atoms with Crippen LogP contribution in [0.5, 0.6) is 5.75 Å². The molecule has 0 spiro atoms. The number of nitrogens with one attached hydrogen (secondary N) is 2. The second-order valence-corrected chi connectivity index (χ2v) is 7.18. The Labute approximate surface area is 175 Å². The van der Waals surface area contributed by atoms with Gasteiger partial charge in [-0.05, 0) is 50.2 Å². The molecule has 1 aromatic heterocycles. The molecule has 1 fully saturated rings. The summed E-state index contributed by atoms with van der Waals surface area (Å²) in [5, 5.41) is 15.8. The smallest absolute Gasteiger partial charge is 0.416 e. The third kappa shape index (κ3) is 4.85. The minimum atomic E-state index is -4.69. The second kappa shape index (κ2) is 8.38. The predicted octanol–water partition coefficient (Wildman–Crippen LogP) is 4.22. The highest BCUT2D eigenvalue weighted by Crippen LogP contribution is 2.33. The minimum Gasteiger partial charge on any atom is -0.488 e. The normalized spacial score (nSPS) is 15.1. The van der Waals surface area contributed by atoms with Gasteiger partial charge < -0.3 is 20.5 Å². The number of anilines is 2. The first-order valence-electron chi connectivity index (χ1n) is 9.65. The van der Waals surface area contributed by atoms with Gasteiger partial charge in [0.15, 0.2) is 0 Å². The van der Waals surface area contributed by atoms with E-state index >= 15 is 0 Å². The molecule has 1 aliphatic heterocycles. The van der Waals surface area contributed by atoms with Crippen molar-refractivity contribution < 1.29 is 27.8 Å². The summed E-state index contributed by atoms with van der Waals surface area (Å²) < 4.78 is 45.6. The third-order valence-corrected chi connectivity index (χ3v) is 4.92. The number of hydrogen-bond acceptors (Lipinski definition) is 6. The number of halogens is 3. The van der Waals surface area contributed by atoms with Crippen LogP contribution in [0, 0.1) is 0 Å². The lowest BCUT2D eigenvalue weighted by atomic mass is 10.1. The Morgan fingerprint density at radius 3 is 2.68 bits per heavy atom. The Bertz CT molecular complexity index is 1110. The number of aromatic nitrogens is 2. The SMILES string of the molecule is O=C(O)c1cc(Nc2ncc3cccc(OC4CCNCC4)c3n2)cc(C(F)(F)F)c1. The third-order valence-electron chi connectivity index (χ3n) is 4.92. The van der Waals surface area contributed by atoms with Crippen molar-refractivity contribution in [3.8, 4) is 5.75 Å². The zero-order chi connectivity index (χ0) is 22.0. The van der Waals surface area contributed by atoms with Gasteiger partial charge in [-0.25, -0.2) is 14.8 Å². The molecule has 162 valence electrons. The van der Waals surface area contributed by atoms with E-state index in [0.29, 0.717) is 22.7 Å². The number of aromatic carboxylic acids is 1. The topological polar surface area (TPSA) is 96.4 Å². The summed E-state index contributed by atoms with van der Waals surface area (Å²) >= 11 is 0. The fourth-order valence-corrected chi connectivity index (χ4v) is 3.39. The van der Waals surface area contributed by atoms with Gasteiger partial charge in [0.05, 0.1) is 11.1 Å². The number of para-hydroxylation sites is 1. The Kier molecular flexibility index (Phi) is 5.64. The molecule has 0 aliphatic carbocycles. The molecule has 0 atom stereocenters. The Hall–Kier alpha value is -3.40. The number of carboxylic acid groups (broad SMARTS) is 1. The number of piperidine rings is 1. The average Bonchev–Trinajstić information content (AvgIpc) is 2.74. The maximum absolute atomic E-state index is 13.2. The van der Waals surface area contributed by atoms with Crippen molar-refractivity contribution in [1.82, 2.24) is 15.3 Å². The fraction of sp³-hybridized carbons (Fsp3) is 0.286. The number of fused-ring (bicyclic) bond motifs is 1. The molecule has 31 heavy (non-hydrogen) atoms. The number of alkyl halides is 3. The van der Waals surface area contributed by atoms with Gasteiger partial charge in [0.1, 0.15) is 17.4 Å². The van der Waals surface area contributed by atoms with Gasteiger partial charge in [-0.3, -0.25) is 0 Å². The van der Waals surface area contributed by atoms with Gasteiger partial charge in [0.25, 0.3) is 0 Å². The average molecular weight is 432 g/mol. The number of benzene rings is 2. The van der Waals surface area contributed by atoms with E-state index in [2.05, 4.69) is 20.6 Å². The largest absolute Gasteiger partial charge is 0.488 e. The van der Waals surface area contributed by atoms with Gasteiger partial charge >= 0.3 is 12.1 Å². The first-order chi connectivity index (χ1) is 14.8. The molecule has 10 heteroatoms. The summed E-state index contributed by atoms with van der Waals surface area (Å²) in [6.45, 7) is 1.72. The van der Waals surface area contributed by atoms with Crippen molar-refractivity contribution in [2.75, 3.05) is 18.4 Å². The molecule has 3 aromatic rings. The van der Waals surface area contributed by atoms with Crippen molar-refractivity contribution in [1.29, 1.82) is 0 Å². The standard InChI is InChI=1S/C21H19F3N4O3/c22-21(23,24)14-8-13(19(29)30)9-15(10-14)27-20-26-11-12-2-1-3-17(18(12)28-20)31-16-4-6-25-7-5-16/h1-3,8-11,16,25H,4-7H2,(H,29,30)(H,26,27,28). The van der Waals surface area contributed by atoms with Crippen LogP contribution in [0.3, 0.4) is 0 Å². The predicted molar refractivity (Wildman–Crippen MR) is 108 cm³/mol. The molecule has 0 unspecified atom stereocenters. The lowest BCUT2D eigenvalue weighted by Crippen LogP contribution is -2.34. The number of hydrogen-bond donors (Lipinski definition) is 3. The van der Waals surface area contributed by atoms with Gasteiger partial charge in [-0.1, -0.05) is 12.1 Å². The molecule has 0 radical (unpaired) electrons. The van der Waals surface area contributed by atoms with Crippen LogP contribution in [-0.4, -0.2) is 40.2 Å². The van der Waals surface area contributed by atoms with E-state index in [-0.39, 0.29) is 17.7 Å². The molecule has 7 nitrogen and oxygen atoms in total. The van der Waals surface area contributed by atoms with E-state index in [1.165, 1.54) is 6.20 Å². The van der Waals surface area contributed by atoms with E-state index < -0.39 is 23.3 Å². The van der Waals surface area contributed by atoms with Crippen LogP contribution in [0.2, 0.25) is 0 Å². The summed E-state index contributed by atoms with van der Waals surface area (Å²) in [7, 11) is 0. The molecule has 3 N–H and O–H groups in total. The zero-order valence-corrected chi connectivity index (χ0v) is 16.2. The summed E-state index contributed by atoms with van der Waals surface area (Å²) in [6, 6.07) is 7.91. The Morgan fingerprint density at radius 1 is 1.19 bits per heavy atom. The molecule has 1 saturated heterocycles. The summed E-state index contributed by atoms with van der Waals surface area (Å²) in [5.74, 6) is -0.874. The summed E-state index contributed by atoms with van der Waals surface area (Å²) in [5.41, 5.74) is -1.13. The fourth-order valence-electron chi connectivity index (χ4n) is 3.39. The lowest BCUT2D eigenvalue weighted by Gasteiger charge is -2.24. The van der Waals surface area contributed by atoms with Crippen molar-refractivity contribution in [2.24, 2.45) is 0 Å². The summed E-state index contributed by atoms with van der Waals surface area (Å²) in [6.07, 6.45) is -1.41. The van der Waals surface area contributed by atoms with Crippen molar-refractivity contribution in [3.05, 3.63) is 53.7 Å². The first kappa shape index (κ1) is 20.9. The second-order valence-electron chi connectivity index (χ2n) is 7.18. The minimum absolute atomic E-state index is 0.0320. The molecule has 2 heterocycles. The molecular formula is C21H19F3N4O3. The van der Waals surface area contributed by atoms with E-state index in [4.69, 9.17) is 9.84 Å². The van der Waals surface area contributed by atoms with E-state index in [1.54, 1.807) is 12.1 Å². The number of ether oxygens (including phenoxy) is 1. The Morgan fingerprint density at radius 2 is 1.97 bits per heavy atom. The number of rotatable bonds is 5. The summed E-state index contributed by atoms with van der Waals surface area (Å²) in [4.78, 5) is 19.8. The maximum Gasteiger partial charge on any atom is 0.416 e. The first-order valence-corrected chi connectivity index (χ1v) is 9.65. The van der Waals surface area contributed by atoms with E-state index in [0.717, 1.165) is 38.1 Å². The van der Waals surface area contributed by atoms with Crippen LogP contribution in [0.25, 0.3) is 10.9 Å². The number of nitrogens with zero attached hydrogens (tertiary/aromatic N) is 2. The molecule has 2 aromatic carbocycles. The van der Waals surface area contributed by atoms with Crippen LogP contribution >= 0.6 is 0 Å². The Balaban J connectivity index is 1.66. The van der Waals surface area contributed by atoms with Gasteiger partial charge in [0, 0.05) is 17.3 Å². The van der Waals surface area contributed by atoms with Gasteiger partial charge in [-0.15, -0.1) is 0 Å². The number of carbonyl (C=O) groups is 1. The maximum atomic E-state index is 13.2. The van der Waals surface area contributed by atoms with Crippen LogP contribution < -0.4 is 15.4 Å². The molecule has 1 aliphatic rings. The molecule has 0 bridgehead atoms. The van der Waals surface area contributed by atoms with Gasteiger partial charge in [-0.2, -0.15) is 13.2 Å². The van der Waals surface area contributed by atoms with Crippen LogP contribution in [0.15, 0.2) is 42.6 Å². The highest BCUT2D eigenvalue weighted by Gasteiger charge is 2.32. The highest BCUT2D eigenvalue weighted by molar-refractivity contribution is 5.89. The van der Waals surface area contributed by atoms with E-state index in [9.17, 15) is 18.0 Å². The van der Waals surface area contributed by atoms with Crippen molar-refractivity contribution in [2.45, 2.75) is 25.1 Å². The van der Waals surface area contributed by atoms with Crippen molar-refractivity contribution in [3.63, 3.8) is 0 Å². The highest BCUT2D eigenvalue weighted by atomic mass is 19.4. The molecule has 0 saturated carbocycles.